The number of rotatable bonds is 4. The molecule has 3 rings (SSSR count). The topological polar surface area (TPSA) is 77.8 Å². The van der Waals surface area contributed by atoms with Gasteiger partial charge in [0.2, 0.25) is 0 Å². The quantitative estimate of drug-likeness (QED) is 0.671. The van der Waals surface area contributed by atoms with Crippen molar-refractivity contribution >= 4 is 23.0 Å². The summed E-state index contributed by atoms with van der Waals surface area (Å²) in [6.45, 7) is 0. The molecule has 0 aliphatic heterocycles. The number of carbonyl (C=O) groups is 1. The molecular formula is C19H11F3N4O. The van der Waals surface area contributed by atoms with Crippen molar-refractivity contribution in [2.75, 3.05) is 10.6 Å². The van der Waals surface area contributed by atoms with Crippen LogP contribution >= 0.6 is 0 Å². The third kappa shape index (κ3) is 4.04. The Bertz CT molecular complexity index is 1060. The number of carbonyl (C=O) groups excluding carboxylic acids is 1. The van der Waals surface area contributed by atoms with E-state index in [4.69, 9.17) is 5.26 Å². The van der Waals surface area contributed by atoms with E-state index in [0.29, 0.717) is 11.3 Å². The minimum Gasteiger partial charge on any atom is -0.353 e. The van der Waals surface area contributed by atoms with Gasteiger partial charge in [-0.3, -0.25) is 9.78 Å². The van der Waals surface area contributed by atoms with Crippen LogP contribution in [0.5, 0.6) is 0 Å². The third-order valence-electron chi connectivity index (χ3n) is 3.56. The Kier molecular flexibility index (Phi) is 5.04. The molecule has 2 aromatic carbocycles. The van der Waals surface area contributed by atoms with Crippen molar-refractivity contribution in [2.45, 2.75) is 0 Å². The van der Waals surface area contributed by atoms with Crippen molar-refractivity contribution in [3.8, 4) is 6.07 Å². The summed E-state index contributed by atoms with van der Waals surface area (Å²) in [6.07, 6.45) is 1.31. The van der Waals surface area contributed by atoms with Crippen LogP contribution in [-0.4, -0.2) is 10.9 Å². The van der Waals surface area contributed by atoms with Crippen molar-refractivity contribution < 1.29 is 18.0 Å². The summed E-state index contributed by atoms with van der Waals surface area (Å²) in [5.74, 6) is -4.82. The fourth-order valence-corrected chi connectivity index (χ4v) is 2.27. The first-order valence-electron chi connectivity index (χ1n) is 7.66. The van der Waals surface area contributed by atoms with Crippen LogP contribution in [0, 0.1) is 28.8 Å². The average Bonchev–Trinajstić information content (AvgIpc) is 2.69. The van der Waals surface area contributed by atoms with Gasteiger partial charge in [-0.25, -0.2) is 13.2 Å². The van der Waals surface area contributed by atoms with E-state index in [1.807, 2.05) is 6.07 Å². The smallest absolute Gasteiger partial charge is 0.274 e. The van der Waals surface area contributed by atoms with Gasteiger partial charge >= 0.3 is 0 Å². The minimum atomic E-state index is -1.59. The molecule has 0 atom stereocenters. The molecule has 0 saturated carbocycles. The lowest BCUT2D eigenvalue weighted by Crippen LogP contribution is -2.14. The lowest BCUT2D eigenvalue weighted by Gasteiger charge is -2.10. The molecule has 0 saturated heterocycles. The summed E-state index contributed by atoms with van der Waals surface area (Å²) in [4.78, 5) is 16.2. The maximum Gasteiger partial charge on any atom is 0.274 e. The second-order valence-electron chi connectivity index (χ2n) is 5.42. The first-order valence-corrected chi connectivity index (χ1v) is 7.66. The lowest BCUT2D eigenvalue weighted by atomic mass is 10.2. The molecular weight excluding hydrogens is 357 g/mol. The van der Waals surface area contributed by atoms with E-state index >= 15 is 0 Å². The SMILES string of the molecule is N#Cc1cccc(NC(=O)c2cc(Nc3ccc(F)c(F)c3F)ccn2)c1. The first kappa shape index (κ1) is 17.9. The van der Waals surface area contributed by atoms with Crippen molar-refractivity contribution in [3.05, 3.63) is 83.4 Å². The molecule has 3 aromatic rings. The van der Waals surface area contributed by atoms with Crippen molar-refractivity contribution in [3.63, 3.8) is 0 Å². The van der Waals surface area contributed by atoms with E-state index in [1.165, 1.54) is 24.4 Å². The Morgan fingerprint density at radius 3 is 2.59 bits per heavy atom. The number of nitriles is 1. The van der Waals surface area contributed by atoms with E-state index < -0.39 is 23.4 Å². The van der Waals surface area contributed by atoms with Crippen LogP contribution in [0.4, 0.5) is 30.2 Å². The second-order valence-corrected chi connectivity index (χ2v) is 5.42. The number of benzene rings is 2. The van der Waals surface area contributed by atoms with Crippen LogP contribution in [-0.2, 0) is 0 Å². The van der Waals surface area contributed by atoms with Crippen molar-refractivity contribution in [2.24, 2.45) is 0 Å². The molecule has 0 bridgehead atoms. The highest BCUT2D eigenvalue weighted by molar-refractivity contribution is 6.03. The number of hydrogen-bond donors (Lipinski definition) is 2. The van der Waals surface area contributed by atoms with Crippen molar-refractivity contribution in [1.82, 2.24) is 4.98 Å². The van der Waals surface area contributed by atoms with Gasteiger partial charge in [0.05, 0.1) is 17.3 Å². The van der Waals surface area contributed by atoms with Gasteiger partial charge in [-0.2, -0.15) is 5.26 Å². The fourth-order valence-electron chi connectivity index (χ4n) is 2.27. The summed E-state index contributed by atoms with van der Waals surface area (Å²) in [5, 5.41) is 14.0. The monoisotopic (exact) mass is 368 g/mol. The maximum absolute atomic E-state index is 13.8. The Balaban J connectivity index is 1.80. The van der Waals surface area contributed by atoms with Crippen LogP contribution < -0.4 is 10.6 Å². The normalized spacial score (nSPS) is 10.1. The predicted octanol–water partition coefficient (Wildman–Crippen LogP) is 4.37. The largest absolute Gasteiger partial charge is 0.353 e. The summed E-state index contributed by atoms with van der Waals surface area (Å²) in [5.41, 5.74) is 0.764. The van der Waals surface area contributed by atoms with Gasteiger partial charge < -0.3 is 10.6 Å². The summed E-state index contributed by atoms with van der Waals surface area (Å²) in [6, 6.07) is 12.9. The summed E-state index contributed by atoms with van der Waals surface area (Å²) >= 11 is 0. The molecule has 0 aliphatic carbocycles. The minimum absolute atomic E-state index is 0.00496. The maximum atomic E-state index is 13.8. The van der Waals surface area contributed by atoms with Crippen LogP contribution in [0.25, 0.3) is 0 Å². The van der Waals surface area contributed by atoms with Gasteiger partial charge in [-0.15, -0.1) is 0 Å². The van der Waals surface area contributed by atoms with Crippen LogP contribution in [0.2, 0.25) is 0 Å². The summed E-state index contributed by atoms with van der Waals surface area (Å²) < 4.78 is 40.1. The lowest BCUT2D eigenvalue weighted by molar-refractivity contribution is 0.102. The average molecular weight is 368 g/mol. The van der Waals surface area contributed by atoms with E-state index in [2.05, 4.69) is 15.6 Å². The van der Waals surface area contributed by atoms with Gasteiger partial charge in [0.1, 0.15) is 5.69 Å². The van der Waals surface area contributed by atoms with Crippen LogP contribution in [0.15, 0.2) is 54.7 Å². The number of halogens is 3. The molecule has 5 nitrogen and oxygen atoms in total. The molecule has 1 amide bonds. The van der Waals surface area contributed by atoms with Gasteiger partial charge in [0.25, 0.3) is 5.91 Å². The van der Waals surface area contributed by atoms with Crippen molar-refractivity contribution in [1.29, 1.82) is 5.26 Å². The summed E-state index contributed by atoms with van der Waals surface area (Å²) in [7, 11) is 0. The van der Waals surface area contributed by atoms with E-state index in [1.54, 1.807) is 18.2 Å². The Morgan fingerprint density at radius 2 is 1.81 bits per heavy atom. The zero-order valence-corrected chi connectivity index (χ0v) is 13.6. The second kappa shape index (κ2) is 7.58. The molecule has 1 heterocycles. The number of aromatic nitrogens is 1. The molecule has 0 fully saturated rings. The fraction of sp³-hybridized carbons (Fsp3) is 0. The van der Waals surface area contributed by atoms with Crippen LogP contribution in [0.3, 0.4) is 0 Å². The number of amides is 1. The molecule has 134 valence electrons. The van der Waals surface area contributed by atoms with Gasteiger partial charge in [-0.05, 0) is 42.5 Å². The molecule has 2 N–H and O–H groups in total. The predicted molar refractivity (Wildman–Crippen MR) is 92.9 cm³/mol. The van der Waals surface area contributed by atoms with Gasteiger partial charge in [-0.1, -0.05) is 6.07 Å². The highest BCUT2D eigenvalue weighted by atomic mass is 19.2. The third-order valence-corrected chi connectivity index (χ3v) is 3.56. The number of nitrogens with zero attached hydrogens (tertiary/aromatic N) is 2. The molecule has 0 aliphatic rings. The molecule has 8 heteroatoms. The highest BCUT2D eigenvalue weighted by Gasteiger charge is 2.14. The zero-order valence-electron chi connectivity index (χ0n) is 13.6. The van der Waals surface area contributed by atoms with Gasteiger partial charge in [0.15, 0.2) is 17.5 Å². The van der Waals surface area contributed by atoms with E-state index in [9.17, 15) is 18.0 Å². The Hall–Kier alpha value is -3.86. The first-order chi connectivity index (χ1) is 13.0. The number of hydrogen-bond acceptors (Lipinski definition) is 4. The molecule has 27 heavy (non-hydrogen) atoms. The van der Waals surface area contributed by atoms with E-state index in [-0.39, 0.29) is 17.1 Å². The standard InChI is InChI=1S/C19H11F3N4O/c20-14-4-5-15(18(22)17(14)21)25-13-6-7-24-16(9-13)19(27)26-12-3-1-2-11(8-12)10-23/h1-9H,(H,24,25)(H,26,27). The number of nitrogens with one attached hydrogen (secondary N) is 2. The molecule has 1 aromatic heterocycles. The highest BCUT2D eigenvalue weighted by Crippen LogP contribution is 2.24. The number of pyridine rings is 1. The Morgan fingerprint density at radius 1 is 1.00 bits per heavy atom. The molecule has 0 unspecified atom stereocenters. The number of anilines is 3. The van der Waals surface area contributed by atoms with Crippen LogP contribution in [0.1, 0.15) is 16.1 Å². The zero-order chi connectivity index (χ0) is 19.4. The van der Waals surface area contributed by atoms with Gasteiger partial charge in [0, 0.05) is 17.6 Å². The van der Waals surface area contributed by atoms with E-state index in [0.717, 1.165) is 12.1 Å². The Labute approximate surface area is 152 Å². The molecule has 0 radical (unpaired) electrons. The molecule has 0 spiro atoms.